The number of aromatic nitrogens is 2. The van der Waals surface area contributed by atoms with E-state index in [1.807, 2.05) is 10.6 Å². The van der Waals surface area contributed by atoms with Crippen LogP contribution < -0.4 is 0 Å². The zero-order valence-corrected chi connectivity index (χ0v) is 13.0. The highest BCUT2D eigenvalue weighted by Gasteiger charge is 2.27. The smallest absolute Gasteiger partial charge is 0.308 e. The van der Waals surface area contributed by atoms with Gasteiger partial charge in [0.25, 0.3) is 0 Å². The fourth-order valence-electron chi connectivity index (χ4n) is 3.34. The molecule has 1 heterocycles. The molecular weight excluding hydrogens is 297 g/mol. The van der Waals surface area contributed by atoms with E-state index in [1.54, 1.807) is 6.33 Å². The Bertz CT molecular complexity index is 770. The number of ether oxygens (including phenoxy) is 1. The zero-order valence-electron chi connectivity index (χ0n) is 13.0. The Labute approximate surface area is 133 Å². The van der Waals surface area contributed by atoms with Gasteiger partial charge in [0.15, 0.2) is 0 Å². The average Bonchev–Trinajstić information content (AvgIpc) is 2.96. The fourth-order valence-corrected chi connectivity index (χ4v) is 3.34. The molecule has 3 rings (SSSR count). The lowest BCUT2D eigenvalue weighted by Crippen LogP contribution is -2.24. The van der Waals surface area contributed by atoms with Crippen LogP contribution in [0.25, 0.3) is 11.0 Å². The Morgan fingerprint density at radius 3 is 2.83 bits per heavy atom. The largest absolute Gasteiger partial charge is 0.469 e. The number of esters is 1. The van der Waals surface area contributed by atoms with E-state index in [1.165, 1.54) is 19.2 Å². The van der Waals surface area contributed by atoms with Crippen LogP contribution in [0, 0.1) is 29.0 Å². The predicted octanol–water partition coefficient (Wildman–Crippen LogP) is 3.03. The van der Waals surface area contributed by atoms with Crippen LogP contribution in [-0.4, -0.2) is 22.6 Å². The van der Waals surface area contributed by atoms with Crippen LogP contribution in [0.5, 0.6) is 0 Å². The van der Waals surface area contributed by atoms with E-state index < -0.39 is 5.82 Å². The van der Waals surface area contributed by atoms with Gasteiger partial charge >= 0.3 is 5.97 Å². The zero-order chi connectivity index (χ0) is 16.4. The van der Waals surface area contributed by atoms with Crippen LogP contribution in [0.15, 0.2) is 18.5 Å². The molecule has 1 saturated carbocycles. The third-order valence-corrected chi connectivity index (χ3v) is 4.67. The number of nitrogens with zero attached hydrogens (tertiary/aromatic N) is 3. The van der Waals surface area contributed by atoms with Crippen molar-refractivity contribution in [2.45, 2.75) is 32.2 Å². The minimum absolute atomic E-state index is 0.00594. The molecule has 0 amide bonds. The number of imidazole rings is 1. The number of halogens is 1. The Morgan fingerprint density at radius 2 is 2.17 bits per heavy atom. The van der Waals surface area contributed by atoms with Gasteiger partial charge in [0, 0.05) is 12.6 Å². The molecule has 0 N–H and O–H groups in total. The summed E-state index contributed by atoms with van der Waals surface area (Å²) in [6, 6.07) is 4.69. The number of rotatable bonds is 3. The molecule has 1 aromatic carbocycles. The standard InChI is InChI=1S/C17H18FN3O2/c1-23-17(22)12-4-2-11(3-5-12)9-21-10-20-15-6-13(8-19)14(18)7-16(15)21/h6-7,10-12H,2-5,9H2,1H3. The summed E-state index contributed by atoms with van der Waals surface area (Å²) in [7, 11) is 1.43. The average molecular weight is 315 g/mol. The van der Waals surface area contributed by atoms with Gasteiger partial charge < -0.3 is 9.30 Å². The molecule has 0 bridgehead atoms. The van der Waals surface area contributed by atoms with Gasteiger partial charge in [-0.05, 0) is 37.7 Å². The van der Waals surface area contributed by atoms with E-state index in [2.05, 4.69) is 4.98 Å². The van der Waals surface area contributed by atoms with Crippen molar-refractivity contribution in [2.24, 2.45) is 11.8 Å². The quantitative estimate of drug-likeness (QED) is 0.817. The molecule has 1 aromatic heterocycles. The first kappa shape index (κ1) is 15.5. The maximum absolute atomic E-state index is 13.8. The SMILES string of the molecule is COC(=O)C1CCC(Cn2cnc3cc(C#N)c(F)cc32)CC1. The lowest BCUT2D eigenvalue weighted by molar-refractivity contribution is -0.146. The minimum Gasteiger partial charge on any atom is -0.469 e. The molecule has 0 atom stereocenters. The van der Waals surface area contributed by atoms with Gasteiger partial charge in [0.1, 0.15) is 11.9 Å². The van der Waals surface area contributed by atoms with Gasteiger partial charge in [0.05, 0.1) is 36.0 Å². The Hall–Kier alpha value is -2.42. The Morgan fingerprint density at radius 1 is 1.43 bits per heavy atom. The summed E-state index contributed by atoms with van der Waals surface area (Å²) in [4.78, 5) is 15.8. The molecule has 2 aromatic rings. The summed E-state index contributed by atoms with van der Waals surface area (Å²) in [5.74, 6) is -0.197. The number of hydrogen-bond donors (Lipinski definition) is 0. The molecule has 0 radical (unpaired) electrons. The Balaban J connectivity index is 1.72. The van der Waals surface area contributed by atoms with Crippen molar-refractivity contribution in [3.63, 3.8) is 0 Å². The van der Waals surface area contributed by atoms with Gasteiger partial charge in [-0.15, -0.1) is 0 Å². The van der Waals surface area contributed by atoms with Gasteiger partial charge in [-0.1, -0.05) is 0 Å². The van der Waals surface area contributed by atoms with Crippen LogP contribution >= 0.6 is 0 Å². The lowest BCUT2D eigenvalue weighted by atomic mass is 9.82. The normalized spacial score (nSPS) is 21.1. The van der Waals surface area contributed by atoms with Crippen molar-refractivity contribution >= 4 is 17.0 Å². The molecular formula is C17H18FN3O2. The molecule has 1 aliphatic carbocycles. The molecule has 5 nitrogen and oxygen atoms in total. The van der Waals surface area contributed by atoms with Crippen LogP contribution in [0.1, 0.15) is 31.2 Å². The third kappa shape index (κ3) is 3.04. The van der Waals surface area contributed by atoms with Crippen molar-refractivity contribution in [3.8, 4) is 6.07 Å². The van der Waals surface area contributed by atoms with Crippen molar-refractivity contribution in [1.82, 2.24) is 9.55 Å². The summed E-state index contributed by atoms with van der Waals surface area (Å²) in [5.41, 5.74) is 1.35. The summed E-state index contributed by atoms with van der Waals surface area (Å²) in [6.45, 7) is 0.746. The molecule has 0 spiro atoms. The molecule has 6 heteroatoms. The second-order valence-corrected chi connectivity index (χ2v) is 6.07. The first-order valence-corrected chi connectivity index (χ1v) is 7.74. The van der Waals surface area contributed by atoms with E-state index in [0.717, 1.165) is 32.2 Å². The van der Waals surface area contributed by atoms with E-state index in [4.69, 9.17) is 10.00 Å². The highest BCUT2D eigenvalue weighted by molar-refractivity contribution is 5.77. The molecule has 0 saturated heterocycles. The van der Waals surface area contributed by atoms with Crippen molar-refractivity contribution < 1.29 is 13.9 Å². The Kier molecular flexibility index (Phi) is 4.28. The van der Waals surface area contributed by atoms with E-state index in [-0.39, 0.29) is 17.5 Å². The molecule has 23 heavy (non-hydrogen) atoms. The van der Waals surface area contributed by atoms with Crippen LogP contribution in [0.3, 0.4) is 0 Å². The first-order chi connectivity index (χ1) is 11.1. The van der Waals surface area contributed by atoms with E-state index in [9.17, 15) is 9.18 Å². The topological polar surface area (TPSA) is 67.9 Å². The monoisotopic (exact) mass is 315 g/mol. The number of fused-ring (bicyclic) bond motifs is 1. The van der Waals surface area contributed by atoms with Crippen LogP contribution in [0.2, 0.25) is 0 Å². The molecule has 0 aliphatic heterocycles. The van der Waals surface area contributed by atoms with Crippen molar-refractivity contribution in [3.05, 3.63) is 29.8 Å². The molecule has 1 fully saturated rings. The van der Waals surface area contributed by atoms with Gasteiger partial charge in [-0.2, -0.15) is 5.26 Å². The maximum atomic E-state index is 13.8. The van der Waals surface area contributed by atoms with Gasteiger partial charge in [-0.25, -0.2) is 9.37 Å². The number of nitriles is 1. The lowest BCUT2D eigenvalue weighted by Gasteiger charge is -2.27. The van der Waals surface area contributed by atoms with Gasteiger partial charge in [-0.3, -0.25) is 4.79 Å². The highest BCUT2D eigenvalue weighted by atomic mass is 19.1. The number of benzene rings is 1. The number of hydrogen-bond acceptors (Lipinski definition) is 4. The maximum Gasteiger partial charge on any atom is 0.308 e. The van der Waals surface area contributed by atoms with Gasteiger partial charge in [0.2, 0.25) is 0 Å². The number of methoxy groups -OCH3 is 1. The summed E-state index contributed by atoms with van der Waals surface area (Å²) >= 11 is 0. The summed E-state index contributed by atoms with van der Waals surface area (Å²) < 4.78 is 20.6. The highest BCUT2D eigenvalue weighted by Crippen LogP contribution is 2.31. The van der Waals surface area contributed by atoms with E-state index in [0.29, 0.717) is 17.0 Å². The number of carbonyl (C=O) groups excluding carboxylic acids is 1. The second-order valence-electron chi connectivity index (χ2n) is 6.07. The predicted molar refractivity (Wildman–Crippen MR) is 81.9 cm³/mol. The fraction of sp³-hybridized carbons (Fsp3) is 0.471. The summed E-state index contributed by atoms with van der Waals surface area (Å²) in [5, 5.41) is 8.87. The second kappa shape index (κ2) is 6.37. The third-order valence-electron chi connectivity index (χ3n) is 4.67. The molecule has 120 valence electrons. The molecule has 0 unspecified atom stereocenters. The summed E-state index contributed by atoms with van der Waals surface area (Å²) in [6.07, 6.45) is 5.24. The van der Waals surface area contributed by atoms with Crippen LogP contribution in [-0.2, 0) is 16.1 Å². The van der Waals surface area contributed by atoms with Crippen molar-refractivity contribution in [2.75, 3.05) is 7.11 Å². The van der Waals surface area contributed by atoms with Crippen molar-refractivity contribution in [1.29, 1.82) is 5.26 Å². The van der Waals surface area contributed by atoms with E-state index >= 15 is 0 Å². The minimum atomic E-state index is -0.517. The molecule has 1 aliphatic rings. The first-order valence-electron chi connectivity index (χ1n) is 7.74. The number of carbonyl (C=O) groups is 1. The van der Waals surface area contributed by atoms with Crippen LogP contribution in [0.4, 0.5) is 4.39 Å².